The summed E-state index contributed by atoms with van der Waals surface area (Å²) in [6.07, 6.45) is 0. The summed E-state index contributed by atoms with van der Waals surface area (Å²) < 4.78 is 5.40. The van der Waals surface area contributed by atoms with Crippen molar-refractivity contribution in [1.82, 2.24) is 0 Å². The Labute approximate surface area is 319 Å². The Morgan fingerprint density at radius 3 is 1.59 bits per heavy atom. The Kier molecular flexibility index (Phi) is 6.48. The van der Waals surface area contributed by atoms with Crippen LogP contribution in [0.15, 0.2) is 182 Å². The predicted octanol–water partition coefficient (Wildman–Crippen LogP) is 16.0. The van der Waals surface area contributed by atoms with Gasteiger partial charge in [-0.25, -0.2) is 0 Å². The fourth-order valence-corrected chi connectivity index (χ4v) is 11.5. The van der Waals surface area contributed by atoms with Crippen LogP contribution in [0.3, 0.4) is 0 Å². The van der Waals surface area contributed by atoms with Crippen molar-refractivity contribution < 1.29 is 0 Å². The molecular weight excluding hydrogens is 689 g/mol. The van der Waals surface area contributed by atoms with Gasteiger partial charge in [-0.2, -0.15) is 0 Å². The molecule has 2 aromatic heterocycles. The van der Waals surface area contributed by atoms with Gasteiger partial charge in [0.05, 0.1) is 0 Å². The molecule has 0 unspecified atom stereocenters. The molecule has 2 heterocycles. The van der Waals surface area contributed by atoms with Crippen LogP contribution in [0.1, 0.15) is 0 Å². The summed E-state index contributed by atoms with van der Waals surface area (Å²) in [6.45, 7) is 0. The summed E-state index contributed by atoms with van der Waals surface area (Å²) >= 11 is 3.82. The fourth-order valence-electron chi connectivity index (χ4n) is 9.11. The Morgan fingerprint density at radius 2 is 0.815 bits per heavy atom. The van der Waals surface area contributed by atoms with Crippen LogP contribution in [0.2, 0.25) is 0 Å². The Bertz CT molecular complexity index is 3440. The summed E-state index contributed by atoms with van der Waals surface area (Å²) in [6, 6.07) is 67.8. The molecule has 0 nitrogen and oxygen atoms in total. The first kappa shape index (κ1) is 30.2. The van der Waals surface area contributed by atoms with Crippen LogP contribution in [0, 0.1) is 0 Å². The summed E-state index contributed by atoms with van der Waals surface area (Å²) in [4.78, 5) is 0. The minimum absolute atomic E-state index is 1.23. The van der Waals surface area contributed by atoms with Gasteiger partial charge in [0.25, 0.3) is 0 Å². The van der Waals surface area contributed by atoms with Gasteiger partial charge in [0, 0.05) is 40.3 Å². The van der Waals surface area contributed by atoms with E-state index in [0.717, 1.165) is 0 Å². The molecule has 0 amide bonds. The van der Waals surface area contributed by atoms with E-state index in [2.05, 4.69) is 182 Å². The van der Waals surface area contributed by atoms with Gasteiger partial charge < -0.3 is 0 Å². The second-order valence-electron chi connectivity index (χ2n) is 14.3. The predicted molar refractivity (Wildman–Crippen MR) is 239 cm³/mol. The van der Waals surface area contributed by atoms with E-state index in [4.69, 9.17) is 0 Å². The highest BCUT2D eigenvalue weighted by Crippen LogP contribution is 2.48. The molecule has 12 aromatic rings. The van der Waals surface area contributed by atoms with Crippen molar-refractivity contribution in [2.45, 2.75) is 0 Å². The van der Waals surface area contributed by atoms with E-state index < -0.39 is 0 Å². The van der Waals surface area contributed by atoms with Gasteiger partial charge in [-0.05, 0) is 107 Å². The molecule has 0 N–H and O–H groups in total. The molecule has 0 fully saturated rings. The first-order chi connectivity index (χ1) is 26.8. The maximum atomic E-state index is 2.45. The lowest BCUT2D eigenvalue weighted by Gasteiger charge is -2.19. The second kappa shape index (κ2) is 11.6. The third kappa shape index (κ3) is 4.36. The van der Waals surface area contributed by atoms with E-state index in [1.807, 2.05) is 22.7 Å². The highest BCUT2D eigenvalue weighted by atomic mass is 32.1. The van der Waals surface area contributed by atoms with Crippen LogP contribution in [0.4, 0.5) is 0 Å². The Morgan fingerprint density at radius 1 is 0.259 bits per heavy atom. The molecule has 0 saturated carbocycles. The van der Waals surface area contributed by atoms with E-state index in [9.17, 15) is 0 Å². The van der Waals surface area contributed by atoms with Gasteiger partial charge in [-0.3, -0.25) is 0 Å². The number of thiophene rings is 2. The topological polar surface area (TPSA) is 0 Å². The molecule has 0 aliphatic carbocycles. The van der Waals surface area contributed by atoms with Crippen LogP contribution in [0.25, 0.3) is 117 Å². The number of benzene rings is 10. The number of rotatable bonds is 3. The van der Waals surface area contributed by atoms with E-state index in [0.29, 0.717) is 0 Å². The SMILES string of the molecule is c1cc(-c2c3ccccc3c(-c3cccc4ccccc34)c3ccccc23)cc(-c2cc3sc4cc5sc6ccccc6c5cc4c3c3ccccc23)c1. The normalized spacial score (nSPS) is 12.1. The maximum absolute atomic E-state index is 2.45. The van der Waals surface area contributed by atoms with Crippen LogP contribution >= 0.6 is 22.7 Å². The molecule has 0 atom stereocenters. The monoisotopic (exact) mass is 718 g/mol. The minimum atomic E-state index is 1.23. The molecule has 10 aromatic carbocycles. The summed E-state index contributed by atoms with van der Waals surface area (Å²) in [5, 5.41) is 15.7. The standard InChI is InChI=1S/C52H30S2/c1-2-17-34-31(13-1)14-12-25-37(34)51-41-23-7-5-21-39(41)50(40-22-6-8-24-42(40)51)33-16-11-15-32(27-33)43-29-49-52(38-20-4-3-18-35(38)43)45-28-44-36-19-9-10-26-46(36)53-47(44)30-48(45)54-49/h1-30H. The Hall–Kier alpha value is -6.32. The van der Waals surface area contributed by atoms with Crippen molar-refractivity contribution in [3.05, 3.63) is 182 Å². The van der Waals surface area contributed by atoms with Crippen LogP contribution in [-0.2, 0) is 0 Å². The molecule has 54 heavy (non-hydrogen) atoms. The largest absolute Gasteiger partial charge is 0.135 e. The fraction of sp³-hybridized carbons (Fsp3) is 0. The highest BCUT2D eigenvalue weighted by molar-refractivity contribution is 7.28. The minimum Gasteiger partial charge on any atom is -0.135 e. The lowest BCUT2D eigenvalue weighted by Crippen LogP contribution is -1.92. The van der Waals surface area contributed by atoms with Gasteiger partial charge in [0.15, 0.2) is 0 Å². The van der Waals surface area contributed by atoms with Gasteiger partial charge >= 0.3 is 0 Å². The van der Waals surface area contributed by atoms with Crippen molar-refractivity contribution in [2.24, 2.45) is 0 Å². The van der Waals surface area contributed by atoms with Crippen LogP contribution < -0.4 is 0 Å². The van der Waals surface area contributed by atoms with Crippen molar-refractivity contribution in [1.29, 1.82) is 0 Å². The van der Waals surface area contributed by atoms with E-state index in [1.165, 1.54) is 117 Å². The molecule has 0 saturated heterocycles. The molecule has 0 radical (unpaired) electrons. The molecule has 12 rings (SSSR count). The average Bonchev–Trinajstić information content (AvgIpc) is 3.78. The first-order valence-corrected chi connectivity index (χ1v) is 20.1. The smallest absolute Gasteiger partial charge is 0.0370 e. The van der Waals surface area contributed by atoms with Crippen LogP contribution in [-0.4, -0.2) is 0 Å². The van der Waals surface area contributed by atoms with Gasteiger partial charge in [0.2, 0.25) is 0 Å². The Balaban J connectivity index is 1.10. The van der Waals surface area contributed by atoms with Crippen molar-refractivity contribution in [2.75, 3.05) is 0 Å². The third-order valence-corrected chi connectivity index (χ3v) is 13.7. The highest BCUT2D eigenvalue weighted by Gasteiger charge is 2.20. The van der Waals surface area contributed by atoms with Crippen molar-refractivity contribution in [3.8, 4) is 33.4 Å². The van der Waals surface area contributed by atoms with Crippen molar-refractivity contribution >= 4 is 106 Å². The summed E-state index contributed by atoms with van der Waals surface area (Å²) in [7, 11) is 0. The molecule has 0 aliphatic rings. The molecule has 0 bridgehead atoms. The first-order valence-electron chi connectivity index (χ1n) is 18.5. The second-order valence-corrected chi connectivity index (χ2v) is 16.5. The molecular formula is C52H30S2. The zero-order valence-corrected chi connectivity index (χ0v) is 30.8. The quantitative estimate of drug-likeness (QED) is 0.160. The summed E-state index contributed by atoms with van der Waals surface area (Å²) in [5.74, 6) is 0. The van der Waals surface area contributed by atoms with Gasteiger partial charge in [-0.1, -0.05) is 152 Å². The number of hydrogen-bond acceptors (Lipinski definition) is 2. The maximum Gasteiger partial charge on any atom is 0.0370 e. The van der Waals surface area contributed by atoms with Crippen LogP contribution in [0.5, 0.6) is 0 Å². The van der Waals surface area contributed by atoms with E-state index in [-0.39, 0.29) is 0 Å². The number of hydrogen-bond donors (Lipinski definition) is 0. The molecule has 0 aliphatic heterocycles. The average molecular weight is 719 g/mol. The number of fused-ring (bicyclic) bond motifs is 11. The van der Waals surface area contributed by atoms with Gasteiger partial charge in [0.1, 0.15) is 0 Å². The lowest BCUT2D eigenvalue weighted by atomic mass is 9.84. The van der Waals surface area contributed by atoms with Crippen molar-refractivity contribution in [3.63, 3.8) is 0 Å². The molecule has 250 valence electrons. The van der Waals surface area contributed by atoms with Gasteiger partial charge in [-0.15, -0.1) is 22.7 Å². The lowest BCUT2D eigenvalue weighted by molar-refractivity contribution is 1.65. The zero-order valence-electron chi connectivity index (χ0n) is 29.1. The molecule has 2 heteroatoms. The third-order valence-electron chi connectivity index (χ3n) is 11.4. The summed E-state index contributed by atoms with van der Waals surface area (Å²) in [5.41, 5.74) is 7.61. The van der Waals surface area contributed by atoms with E-state index >= 15 is 0 Å². The van der Waals surface area contributed by atoms with E-state index in [1.54, 1.807) is 0 Å². The zero-order chi connectivity index (χ0) is 35.3. The molecule has 0 spiro atoms.